The normalized spacial score (nSPS) is 13.1. The fourth-order valence-electron chi connectivity index (χ4n) is 6.39. The number of phenolic OH excluding ortho intramolecular Hbond substituents is 1. The number of hydrogen-bond donors (Lipinski definition) is 4. The Labute approximate surface area is 286 Å². The number of esters is 1. The van der Waals surface area contributed by atoms with Crippen LogP contribution in [0.25, 0.3) is 0 Å². The molecule has 0 bridgehead atoms. The van der Waals surface area contributed by atoms with Gasteiger partial charge < -0.3 is 31.4 Å². The molecule has 6 N–H and O–H groups in total. The van der Waals surface area contributed by atoms with E-state index < -0.39 is 17.9 Å². The number of carbonyl (C=O) groups excluding carboxylic acids is 2. The summed E-state index contributed by atoms with van der Waals surface area (Å²) >= 11 is 1.41. The predicted octanol–water partition coefficient (Wildman–Crippen LogP) is 7.06. The molecule has 1 atom stereocenters. The first-order chi connectivity index (χ1) is 21.5. The lowest BCUT2D eigenvalue weighted by atomic mass is 9.72. The fourth-order valence-corrected chi connectivity index (χ4v) is 7.40. The molecule has 0 spiro atoms. The van der Waals surface area contributed by atoms with Crippen LogP contribution in [0, 0.1) is 10.8 Å². The SMILES string of the molecule is COC(=O)[C@H](CCCN=C(N)N)NC(=O)COc1ccc(C(C)(C)CC(C)(C)C)cc1Sc1cc(C(C)(C)CC(C)(C)C)ccc1O. The smallest absolute Gasteiger partial charge is 0.328 e. The van der Waals surface area contributed by atoms with Crippen molar-refractivity contribution in [3.63, 3.8) is 0 Å². The standard InChI is InChI=1S/C37H58N4O5S/c1-34(2,3)22-36(7,8)24-14-16-27(42)29(19-24)47-30-20-25(37(9,10)23-35(4,5)6)15-17-28(30)46-21-31(43)41-26(32(44)45-11)13-12-18-40-33(38)39/h14-17,19-20,26,42H,12-13,18,21-23H2,1-11H3,(H,41,43)(H4,38,39,40)/t26-/m0/s1. The Morgan fingerprint density at radius 2 is 1.40 bits per heavy atom. The van der Waals surface area contributed by atoms with Crippen molar-refractivity contribution in [2.45, 2.75) is 122 Å². The van der Waals surface area contributed by atoms with Gasteiger partial charge >= 0.3 is 5.97 Å². The Balaban J connectivity index is 2.42. The van der Waals surface area contributed by atoms with Gasteiger partial charge in [0.15, 0.2) is 12.6 Å². The maximum atomic E-state index is 13.0. The van der Waals surface area contributed by atoms with E-state index in [0.29, 0.717) is 30.0 Å². The highest BCUT2D eigenvalue weighted by atomic mass is 32.2. The lowest BCUT2D eigenvalue weighted by Crippen LogP contribution is -2.43. The van der Waals surface area contributed by atoms with Crippen LogP contribution in [-0.2, 0) is 25.2 Å². The number of amides is 1. The molecule has 10 heteroatoms. The number of guanidine groups is 1. The fraction of sp³-hybridized carbons (Fsp3) is 0.595. The average molecular weight is 671 g/mol. The molecule has 47 heavy (non-hydrogen) atoms. The molecule has 2 rings (SSSR count). The second-order valence-corrected chi connectivity index (χ2v) is 17.2. The van der Waals surface area contributed by atoms with E-state index in [2.05, 4.69) is 91.7 Å². The Morgan fingerprint density at radius 1 is 0.872 bits per heavy atom. The van der Waals surface area contributed by atoms with Gasteiger partial charge in [-0.2, -0.15) is 0 Å². The Hall–Kier alpha value is -3.40. The van der Waals surface area contributed by atoms with Crippen molar-refractivity contribution in [1.82, 2.24) is 5.32 Å². The first kappa shape index (κ1) is 39.8. The van der Waals surface area contributed by atoms with Gasteiger partial charge in [0.1, 0.15) is 17.5 Å². The van der Waals surface area contributed by atoms with Crippen molar-refractivity contribution >= 4 is 29.6 Å². The number of carbonyl (C=O) groups is 2. The van der Waals surface area contributed by atoms with Crippen LogP contribution in [0.1, 0.15) is 106 Å². The number of benzene rings is 2. The van der Waals surface area contributed by atoms with Gasteiger partial charge in [0.2, 0.25) is 0 Å². The predicted molar refractivity (Wildman–Crippen MR) is 192 cm³/mol. The molecule has 0 unspecified atom stereocenters. The van der Waals surface area contributed by atoms with Crippen molar-refractivity contribution in [1.29, 1.82) is 0 Å². The van der Waals surface area contributed by atoms with E-state index in [-0.39, 0.29) is 40.0 Å². The number of ether oxygens (including phenoxy) is 2. The molecule has 0 aliphatic heterocycles. The molecule has 0 heterocycles. The number of nitrogens with one attached hydrogen (secondary N) is 1. The highest BCUT2D eigenvalue weighted by Gasteiger charge is 2.30. The van der Waals surface area contributed by atoms with E-state index in [1.165, 1.54) is 18.9 Å². The van der Waals surface area contributed by atoms with Crippen molar-refractivity contribution < 1.29 is 24.2 Å². The van der Waals surface area contributed by atoms with Crippen LogP contribution in [-0.4, -0.2) is 49.2 Å². The lowest BCUT2D eigenvalue weighted by molar-refractivity contribution is -0.145. The first-order valence-corrected chi connectivity index (χ1v) is 17.1. The number of nitrogens with two attached hydrogens (primary N) is 2. The topological polar surface area (TPSA) is 149 Å². The first-order valence-electron chi connectivity index (χ1n) is 16.2. The summed E-state index contributed by atoms with van der Waals surface area (Å²) < 4.78 is 11.0. The van der Waals surface area contributed by atoms with Crippen molar-refractivity contribution in [3.05, 3.63) is 47.5 Å². The molecule has 0 saturated heterocycles. The number of hydrogen-bond acceptors (Lipinski definition) is 7. The van der Waals surface area contributed by atoms with Gasteiger partial charge in [0, 0.05) is 6.54 Å². The second kappa shape index (κ2) is 16.1. The lowest BCUT2D eigenvalue weighted by Gasteiger charge is -2.33. The molecule has 262 valence electrons. The van der Waals surface area contributed by atoms with E-state index in [1.807, 2.05) is 18.2 Å². The molecule has 0 fully saturated rings. The third kappa shape index (κ3) is 13.3. The van der Waals surface area contributed by atoms with Crippen molar-refractivity contribution in [2.75, 3.05) is 20.3 Å². The molecule has 9 nitrogen and oxygen atoms in total. The summed E-state index contributed by atoms with van der Waals surface area (Å²) in [6.45, 7) is 22.3. The van der Waals surface area contributed by atoms with E-state index in [4.69, 9.17) is 20.9 Å². The molecule has 0 aliphatic carbocycles. The largest absolute Gasteiger partial charge is 0.507 e. The van der Waals surface area contributed by atoms with Crippen molar-refractivity contribution in [3.8, 4) is 11.5 Å². The van der Waals surface area contributed by atoms with Gasteiger partial charge in [-0.15, -0.1) is 0 Å². The molecular weight excluding hydrogens is 612 g/mol. The third-order valence-electron chi connectivity index (χ3n) is 7.76. The van der Waals surface area contributed by atoms with Crippen LogP contribution in [0.4, 0.5) is 0 Å². The zero-order valence-electron chi connectivity index (χ0n) is 30.4. The number of aromatic hydroxyl groups is 1. The quantitative estimate of drug-likeness (QED) is 0.0681. The van der Waals surface area contributed by atoms with Gasteiger partial charge in [-0.1, -0.05) is 93.1 Å². The zero-order valence-corrected chi connectivity index (χ0v) is 31.2. The summed E-state index contributed by atoms with van der Waals surface area (Å²) in [5, 5.41) is 13.7. The maximum Gasteiger partial charge on any atom is 0.328 e. The van der Waals surface area contributed by atoms with Crippen LogP contribution in [0.5, 0.6) is 11.5 Å². The van der Waals surface area contributed by atoms with E-state index >= 15 is 0 Å². The molecule has 0 aromatic heterocycles. The van der Waals surface area contributed by atoms with Gasteiger partial charge in [0.05, 0.1) is 16.9 Å². The molecular formula is C37H58N4O5S. The van der Waals surface area contributed by atoms with E-state index in [1.54, 1.807) is 6.07 Å². The summed E-state index contributed by atoms with van der Waals surface area (Å²) in [4.78, 5) is 30.8. The van der Waals surface area contributed by atoms with Crippen molar-refractivity contribution in [2.24, 2.45) is 27.3 Å². The number of phenols is 1. The summed E-state index contributed by atoms with van der Waals surface area (Å²) in [5.41, 5.74) is 13.0. The van der Waals surface area contributed by atoms with Crippen LogP contribution >= 0.6 is 11.8 Å². The monoisotopic (exact) mass is 670 g/mol. The second-order valence-electron chi connectivity index (χ2n) is 16.1. The van der Waals surface area contributed by atoms with E-state index in [0.717, 1.165) is 28.9 Å². The van der Waals surface area contributed by atoms with Crippen LogP contribution in [0.3, 0.4) is 0 Å². The maximum absolute atomic E-state index is 13.0. The summed E-state index contributed by atoms with van der Waals surface area (Å²) in [7, 11) is 1.27. The molecule has 0 aliphatic rings. The Bertz CT molecular complexity index is 1400. The minimum Gasteiger partial charge on any atom is -0.507 e. The van der Waals surface area contributed by atoms with Gasteiger partial charge in [0.25, 0.3) is 5.91 Å². The molecule has 2 aromatic rings. The number of nitrogens with zero attached hydrogens (tertiary/aromatic N) is 1. The van der Waals surface area contributed by atoms with E-state index in [9.17, 15) is 14.7 Å². The van der Waals surface area contributed by atoms with Crippen LogP contribution in [0.2, 0.25) is 0 Å². The number of rotatable bonds is 15. The number of methoxy groups -OCH3 is 1. The highest BCUT2D eigenvalue weighted by Crippen LogP contribution is 2.45. The third-order valence-corrected chi connectivity index (χ3v) is 8.84. The molecule has 0 radical (unpaired) electrons. The summed E-state index contributed by atoms with van der Waals surface area (Å²) in [6, 6.07) is 10.9. The minimum atomic E-state index is -0.865. The summed E-state index contributed by atoms with van der Waals surface area (Å²) in [5.74, 6) is -0.387. The Morgan fingerprint density at radius 3 is 1.91 bits per heavy atom. The molecule has 1 amide bonds. The number of aliphatic imine (C=N–C) groups is 1. The van der Waals surface area contributed by atoms with Crippen LogP contribution < -0.4 is 21.5 Å². The summed E-state index contributed by atoms with van der Waals surface area (Å²) in [6.07, 6.45) is 2.69. The highest BCUT2D eigenvalue weighted by molar-refractivity contribution is 7.99. The molecule has 2 aromatic carbocycles. The zero-order chi connectivity index (χ0) is 35.8. The Kier molecular flexibility index (Phi) is 13.7. The molecule has 0 saturated carbocycles. The van der Waals surface area contributed by atoms with Gasteiger partial charge in [-0.05, 0) is 82.7 Å². The van der Waals surface area contributed by atoms with Gasteiger partial charge in [-0.25, -0.2) is 4.79 Å². The minimum absolute atomic E-state index is 0.0350. The van der Waals surface area contributed by atoms with Gasteiger partial charge in [-0.3, -0.25) is 9.79 Å². The van der Waals surface area contributed by atoms with Crippen LogP contribution in [0.15, 0.2) is 51.2 Å². The average Bonchev–Trinajstić information content (AvgIpc) is 2.91.